The van der Waals surface area contributed by atoms with Gasteiger partial charge in [0.2, 0.25) is 0 Å². The second-order valence-corrected chi connectivity index (χ2v) is 7.49. The number of amides is 4. The van der Waals surface area contributed by atoms with E-state index >= 15 is 0 Å². The molecule has 1 aliphatic carbocycles. The molecule has 0 bridgehead atoms. The number of carbonyl (C=O) groups is 4. The van der Waals surface area contributed by atoms with E-state index in [1.54, 1.807) is 31.2 Å². The molecule has 150 valence electrons. The van der Waals surface area contributed by atoms with Crippen LogP contribution in [-0.4, -0.2) is 47.4 Å². The van der Waals surface area contributed by atoms with Gasteiger partial charge in [-0.05, 0) is 31.4 Å². The van der Waals surface area contributed by atoms with Gasteiger partial charge in [0.25, 0.3) is 11.8 Å². The molecule has 1 aromatic carbocycles. The minimum atomic E-state index is -0.876. The van der Waals surface area contributed by atoms with Crippen molar-refractivity contribution in [3.63, 3.8) is 0 Å². The second-order valence-electron chi connectivity index (χ2n) is 7.08. The quantitative estimate of drug-likeness (QED) is 0.553. The van der Waals surface area contributed by atoms with Crippen LogP contribution >= 0.6 is 11.6 Å². The fourth-order valence-corrected chi connectivity index (χ4v) is 3.94. The Labute approximate surface area is 167 Å². The molecule has 0 aromatic heterocycles. The third-order valence-corrected chi connectivity index (χ3v) is 5.45. The van der Waals surface area contributed by atoms with Crippen molar-refractivity contribution in [2.45, 2.75) is 44.2 Å². The van der Waals surface area contributed by atoms with Crippen molar-refractivity contribution >= 4 is 35.4 Å². The fraction of sp³-hybridized carbons (Fsp3) is 0.474. The van der Waals surface area contributed by atoms with Gasteiger partial charge in [-0.1, -0.05) is 42.6 Å². The Balaban J connectivity index is 1.48. The Bertz CT molecular complexity index is 807. The lowest BCUT2D eigenvalue weighted by Crippen LogP contribution is -2.44. The molecule has 2 fully saturated rings. The summed E-state index contributed by atoms with van der Waals surface area (Å²) in [4.78, 5) is 49.4. The van der Waals surface area contributed by atoms with Gasteiger partial charge in [-0.15, -0.1) is 0 Å². The van der Waals surface area contributed by atoms with Crippen LogP contribution in [0.15, 0.2) is 24.3 Å². The number of ether oxygens (including phenoxy) is 1. The molecule has 1 aromatic rings. The van der Waals surface area contributed by atoms with Crippen LogP contribution in [0.4, 0.5) is 4.79 Å². The molecule has 1 saturated heterocycles. The molecule has 9 heteroatoms. The predicted molar refractivity (Wildman–Crippen MR) is 100 cm³/mol. The van der Waals surface area contributed by atoms with Crippen molar-refractivity contribution in [3.8, 4) is 0 Å². The van der Waals surface area contributed by atoms with Crippen LogP contribution in [0, 0.1) is 0 Å². The Morgan fingerprint density at radius 1 is 1.29 bits per heavy atom. The highest BCUT2D eigenvalue weighted by Gasteiger charge is 2.52. The zero-order valence-corrected chi connectivity index (χ0v) is 16.3. The van der Waals surface area contributed by atoms with Crippen LogP contribution < -0.4 is 10.6 Å². The van der Waals surface area contributed by atoms with Crippen LogP contribution in [0.1, 0.15) is 44.2 Å². The number of rotatable bonds is 6. The summed E-state index contributed by atoms with van der Waals surface area (Å²) in [6, 6.07) is 6.13. The smallest absolute Gasteiger partial charge is 0.326 e. The molecule has 0 radical (unpaired) electrons. The van der Waals surface area contributed by atoms with E-state index in [1.165, 1.54) is 0 Å². The van der Waals surface area contributed by atoms with Crippen molar-refractivity contribution in [1.29, 1.82) is 0 Å². The van der Waals surface area contributed by atoms with Gasteiger partial charge in [0, 0.05) is 5.02 Å². The summed E-state index contributed by atoms with van der Waals surface area (Å²) in [5, 5.41) is 5.89. The van der Waals surface area contributed by atoms with Gasteiger partial charge in [-0.2, -0.15) is 0 Å². The number of nitrogens with zero attached hydrogens (tertiary/aromatic N) is 1. The van der Waals surface area contributed by atoms with Crippen molar-refractivity contribution in [3.05, 3.63) is 34.9 Å². The molecule has 0 unspecified atom stereocenters. The molecule has 8 nitrogen and oxygen atoms in total. The number of hydrogen-bond acceptors (Lipinski definition) is 5. The lowest BCUT2D eigenvalue weighted by Gasteiger charge is -2.19. The van der Waals surface area contributed by atoms with Crippen LogP contribution in [0.5, 0.6) is 0 Å². The van der Waals surface area contributed by atoms with Gasteiger partial charge >= 0.3 is 12.0 Å². The number of esters is 1. The molecule has 2 N–H and O–H groups in total. The maximum absolute atomic E-state index is 12.5. The number of carbonyl (C=O) groups excluding carboxylic acids is 4. The van der Waals surface area contributed by atoms with E-state index in [2.05, 4.69) is 10.6 Å². The molecule has 1 heterocycles. The van der Waals surface area contributed by atoms with Crippen molar-refractivity contribution < 1.29 is 23.9 Å². The van der Waals surface area contributed by atoms with Crippen LogP contribution in [0.2, 0.25) is 5.02 Å². The van der Waals surface area contributed by atoms with Gasteiger partial charge in [0.15, 0.2) is 6.61 Å². The van der Waals surface area contributed by atoms with Crippen molar-refractivity contribution in [2.24, 2.45) is 0 Å². The van der Waals surface area contributed by atoms with Crippen molar-refractivity contribution in [2.75, 3.05) is 13.2 Å². The summed E-state index contributed by atoms with van der Waals surface area (Å²) in [6.07, 6.45) is 2.86. The fourth-order valence-electron chi connectivity index (χ4n) is 3.65. The molecule has 1 spiro atoms. The number of nitrogens with one attached hydrogen (secondary N) is 2. The highest BCUT2D eigenvalue weighted by molar-refractivity contribution is 6.31. The summed E-state index contributed by atoms with van der Waals surface area (Å²) >= 11 is 6.09. The minimum Gasteiger partial charge on any atom is -0.454 e. The Hall–Kier alpha value is -2.61. The van der Waals surface area contributed by atoms with E-state index in [-0.39, 0.29) is 6.04 Å². The Kier molecular flexibility index (Phi) is 5.88. The maximum atomic E-state index is 12.5. The minimum absolute atomic E-state index is 0.368. The van der Waals surface area contributed by atoms with E-state index < -0.39 is 42.5 Å². The SMILES string of the molecule is C[C@H](NC(=O)COC(=O)CN1C(=O)NC2(CCCC2)C1=O)c1ccccc1Cl. The van der Waals surface area contributed by atoms with Crippen LogP contribution in [-0.2, 0) is 19.1 Å². The number of imide groups is 1. The highest BCUT2D eigenvalue weighted by atomic mass is 35.5. The van der Waals surface area contributed by atoms with Crippen LogP contribution in [0.25, 0.3) is 0 Å². The van der Waals surface area contributed by atoms with Gasteiger partial charge in [-0.3, -0.25) is 19.3 Å². The summed E-state index contributed by atoms with van der Waals surface area (Å²) < 4.78 is 4.92. The average molecular weight is 408 g/mol. The van der Waals surface area contributed by atoms with Gasteiger partial charge < -0.3 is 15.4 Å². The number of urea groups is 1. The van der Waals surface area contributed by atoms with Crippen molar-refractivity contribution in [1.82, 2.24) is 15.5 Å². The summed E-state index contributed by atoms with van der Waals surface area (Å²) in [7, 11) is 0. The zero-order valence-electron chi connectivity index (χ0n) is 15.5. The van der Waals surface area contributed by atoms with E-state index in [0.717, 1.165) is 23.3 Å². The first-order chi connectivity index (χ1) is 13.3. The lowest BCUT2D eigenvalue weighted by molar-refractivity contribution is -0.151. The number of hydrogen-bond donors (Lipinski definition) is 2. The van der Waals surface area contributed by atoms with E-state index in [9.17, 15) is 19.2 Å². The Morgan fingerprint density at radius 2 is 1.96 bits per heavy atom. The first-order valence-electron chi connectivity index (χ1n) is 9.16. The predicted octanol–water partition coefficient (Wildman–Crippen LogP) is 1.93. The standard InChI is InChI=1S/C19H22ClN3O5/c1-12(13-6-2-3-7-14(13)20)21-15(24)11-28-16(25)10-23-17(26)19(22-18(23)27)8-4-5-9-19/h2-3,6-7,12H,4-5,8-11H2,1H3,(H,21,24)(H,22,27)/t12-/m0/s1. The zero-order chi connectivity index (χ0) is 20.3. The summed E-state index contributed by atoms with van der Waals surface area (Å²) in [6.45, 7) is 0.734. The van der Waals surface area contributed by atoms with E-state index in [0.29, 0.717) is 17.9 Å². The number of benzene rings is 1. The molecule has 4 amide bonds. The summed E-state index contributed by atoms with van der Waals surface area (Å²) in [5.41, 5.74) is -0.135. The summed E-state index contributed by atoms with van der Waals surface area (Å²) in [5.74, 6) is -1.73. The lowest BCUT2D eigenvalue weighted by atomic mass is 9.98. The van der Waals surface area contributed by atoms with Gasteiger partial charge in [0.1, 0.15) is 12.1 Å². The molecule has 2 aliphatic rings. The first kappa shape index (κ1) is 20.1. The van der Waals surface area contributed by atoms with E-state index in [4.69, 9.17) is 16.3 Å². The largest absolute Gasteiger partial charge is 0.454 e. The Morgan fingerprint density at radius 3 is 2.64 bits per heavy atom. The van der Waals surface area contributed by atoms with Crippen LogP contribution in [0.3, 0.4) is 0 Å². The molecule has 1 saturated carbocycles. The number of halogens is 1. The molecule has 28 heavy (non-hydrogen) atoms. The maximum Gasteiger partial charge on any atom is 0.326 e. The first-order valence-corrected chi connectivity index (χ1v) is 9.54. The topological polar surface area (TPSA) is 105 Å². The molecule has 3 rings (SSSR count). The second kappa shape index (κ2) is 8.18. The third-order valence-electron chi connectivity index (χ3n) is 5.10. The molecular weight excluding hydrogens is 386 g/mol. The monoisotopic (exact) mass is 407 g/mol. The van der Waals surface area contributed by atoms with E-state index in [1.807, 2.05) is 0 Å². The van der Waals surface area contributed by atoms with Gasteiger partial charge in [0.05, 0.1) is 6.04 Å². The molecular formula is C19H22ClN3O5. The normalized spacial score (nSPS) is 18.9. The third kappa shape index (κ3) is 4.11. The highest BCUT2D eigenvalue weighted by Crippen LogP contribution is 2.34. The van der Waals surface area contributed by atoms with Gasteiger partial charge in [-0.25, -0.2) is 4.79 Å². The average Bonchev–Trinajstić information content (AvgIpc) is 3.21. The molecule has 1 aliphatic heterocycles. The molecule has 1 atom stereocenters.